The van der Waals surface area contributed by atoms with E-state index >= 15 is 0 Å². The SMILES string of the molecule is C=C1C(=O)O[C@H]2/C=C(\C)[C@H](O)C/C=C(/C)C[C@@H](OC(=O)/C(C)=C\C)[C@H]12. The van der Waals surface area contributed by atoms with Crippen LogP contribution in [-0.2, 0) is 19.1 Å². The summed E-state index contributed by atoms with van der Waals surface area (Å²) in [6.07, 6.45) is 4.51. The maximum absolute atomic E-state index is 12.3. The minimum absolute atomic E-state index is 0.299. The van der Waals surface area contributed by atoms with E-state index in [0.29, 0.717) is 24.0 Å². The van der Waals surface area contributed by atoms with Crippen LogP contribution in [-0.4, -0.2) is 35.4 Å². The van der Waals surface area contributed by atoms with E-state index in [2.05, 4.69) is 6.58 Å². The first-order valence-corrected chi connectivity index (χ1v) is 8.50. The van der Waals surface area contributed by atoms with Crippen molar-refractivity contribution in [3.05, 3.63) is 47.1 Å². The van der Waals surface area contributed by atoms with Crippen LogP contribution in [0.4, 0.5) is 0 Å². The predicted octanol–water partition coefficient (Wildman–Crippen LogP) is 3.01. The number of fused-ring (bicyclic) bond motifs is 1. The monoisotopic (exact) mass is 346 g/mol. The highest BCUT2D eigenvalue weighted by molar-refractivity contribution is 5.92. The second-order valence-corrected chi connectivity index (χ2v) is 6.75. The summed E-state index contributed by atoms with van der Waals surface area (Å²) in [5.74, 6) is -1.37. The molecule has 0 spiro atoms. The van der Waals surface area contributed by atoms with Crippen LogP contribution >= 0.6 is 0 Å². The Labute approximate surface area is 148 Å². The van der Waals surface area contributed by atoms with Gasteiger partial charge < -0.3 is 14.6 Å². The van der Waals surface area contributed by atoms with Crippen molar-refractivity contribution >= 4 is 11.9 Å². The molecule has 136 valence electrons. The van der Waals surface area contributed by atoms with Gasteiger partial charge in [0.05, 0.1) is 12.0 Å². The van der Waals surface area contributed by atoms with Gasteiger partial charge in [0.15, 0.2) is 0 Å². The normalized spacial score (nSPS) is 35.0. The third-order valence-electron chi connectivity index (χ3n) is 4.84. The van der Waals surface area contributed by atoms with Crippen molar-refractivity contribution in [2.75, 3.05) is 0 Å². The third-order valence-corrected chi connectivity index (χ3v) is 4.84. The smallest absolute Gasteiger partial charge is 0.334 e. The maximum Gasteiger partial charge on any atom is 0.334 e. The second kappa shape index (κ2) is 7.83. The van der Waals surface area contributed by atoms with Crippen molar-refractivity contribution in [2.24, 2.45) is 5.92 Å². The number of aliphatic hydroxyl groups is 1. The van der Waals surface area contributed by atoms with Crippen LogP contribution in [0.2, 0.25) is 0 Å². The quantitative estimate of drug-likeness (QED) is 0.473. The molecule has 0 aromatic heterocycles. The van der Waals surface area contributed by atoms with Gasteiger partial charge >= 0.3 is 11.9 Å². The van der Waals surface area contributed by atoms with Gasteiger partial charge in [-0.3, -0.25) is 0 Å². The van der Waals surface area contributed by atoms with E-state index in [-0.39, 0.29) is 0 Å². The highest BCUT2D eigenvalue weighted by Crippen LogP contribution is 2.36. The molecule has 0 radical (unpaired) electrons. The molecule has 1 heterocycles. The topological polar surface area (TPSA) is 72.8 Å². The Kier molecular flexibility index (Phi) is 6.01. The van der Waals surface area contributed by atoms with Crippen LogP contribution < -0.4 is 0 Å². The van der Waals surface area contributed by atoms with Crippen molar-refractivity contribution in [3.63, 3.8) is 0 Å². The first-order valence-electron chi connectivity index (χ1n) is 8.50. The number of carbonyl (C=O) groups is 2. The maximum atomic E-state index is 12.3. The summed E-state index contributed by atoms with van der Waals surface area (Å²) in [4.78, 5) is 24.3. The Morgan fingerprint density at radius 1 is 1.44 bits per heavy atom. The van der Waals surface area contributed by atoms with Crippen molar-refractivity contribution < 1.29 is 24.2 Å². The summed E-state index contributed by atoms with van der Waals surface area (Å²) >= 11 is 0. The zero-order valence-electron chi connectivity index (χ0n) is 15.2. The average molecular weight is 346 g/mol. The lowest BCUT2D eigenvalue weighted by Crippen LogP contribution is -2.34. The van der Waals surface area contributed by atoms with Crippen LogP contribution in [0.3, 0.4) is 0 Å². The molecule has 5 nitrogen and oxygen atoms in total. The fourth-order valence-corrected chi connectivity index (χ4v) is 3.04. The number of hydrogen-bond acceptors (Lipinski definition) is 5. The Hall–Kier alpha value is -2.14. The van der Waals surface area contributed by atoms with Gasteiger partial charge in [0.25, 0.3) is 0 Å². The molecule has 2 aliphatic rings. The summed E-state index contributed by atoms with van der Waals surface area (Å²) in [5.41, 5.74) is 2.51. The zero-order valence-corrected chi connectivity index (χ0v) is 15.2. The third kappa shape index (κ3) is 4.28. The molecule has 1 aliphatic heterocycles. The van der Waals surface area contributed by atoms with Crippen LogP contribution in [0.25, 0.3) is 0 Å². The molecular weight excluding hydrogens is 320 g/mol. The van der Waals surface area contributed by atoms with Crippen LogP contribution in [0.1, 0.15) is 40.5 Å². The highest BCUT2D eigenvalue weighted by Gasteiger charge is 2.44. The molecule has 2 rings (SSSR count). The van der Waals surface area contributed by atoms with Gasteiger partial charge in [-0.15, -0.1) is 0 Å². The Bertz CT molecular complexity index is 668. The van der Waals surface area contributed by atoms with E-state index in [1.807, 2.05) is 13.0 Å². The van der Waals surface area contributed by atoms with Crippen LogP contribution in [0.5, 0.6) is 0 Å². The lowest BCUT2D eigenvalue weighted by molar-refractivity contribution is -0.147. The molecule has 25 heavy (non-hydrogen) atoms. The number of aliphatic hydroxyl groups excluding tert-OH is 1. The molecule has 0 saturated carbocycles. The Morgan fingerprint density at radius 2 is 2.12 bits per heavy atom. The lowest BCUT2D eigenvalue weighted by Gasteiger charge is -2.28. The molecule has 1 saturated heterocycles. The van der Waals surface area contributed by atoms with Crippen molar-refractivity contribution in [1.82, 2.24) is 0 Å². The molecule has 1 aliphatic carbocycles. The number of rotatable bonds is 2. The average Bonchev–Trinajstić information content (AvgIpc) is 2.84. The minimum Gasteiger partial charge on any atom is -0.458 e. The minimum atomic E-state index is -0.632. The first-order chi connectivity index (χ1) is 11.7. The number of allylic oxidation sites excluding steroid dienone is 1. The van der Waals surface area contributed by atoms with E-state index in [0.717, 1.165) is 11.1 Å². The number of esters is 2. The van der Waals surface area contributed by atoms with Gasteiger partial charge in [0, 0.05) is 17.6 Å². The predicted molar refractivity (Wildman–Crippen MR) is 94.6 cm³/mol. The summed E-state index contributed by atoms with van der Waals surface area (Å²) < 4.78 is 11.1. The fraction of sp³-hybridized carbons (Fsp3) is 0.500. The molecule has 0 amide bonds. The molecule has 0 unspecified atom stereocenters. The van der Waals surface area contributed by atoms with Gasteiger partial charge in [-0.1, -0.05) is 24.3 Å². The summed E-state index contributed by atoms with van der Waals surface area (Å²) in [6, 6.07) is 0. The van der Waals surface area contributed by atoms with E-state index in [1.165, 1.54) is 0 Å². The van der Waals surface area contributed by atoms with E-state index in [1.54, 1.807) is 32.9 Å². The Balaban J connectivity index is 2.42. The molecule has 0 aromatic carbocycles. The Morgan fingerprint density at radius 3 is 2.76 bits per heavy atom. The number of hydrogen-bond donors (Lipinski definition) is 1. The van der Waals surface area contributed by atoms with Crippen LogP contribution in [0, 0.1) is 5.92 Å². The van der Waals surface area contributed by atoms with Gasteiger partial charge in [0.1, 0.15) is 12.2 Å². The molecule has 0 bridgehead atoms. The highest BCUT2D eigenvalue weighted by atomic mass is 16.6. The van der Waals surface area contributed by atoms with Crippen molar-refractivity contribution in [3.8, 4) is 0 Å². The van der Waals surface area contributed by atoms with E-state index in [4.69, 9.17) is 9.47 Å². The molecule has 5 heteroatoms. The van der Waals surface area contributed by atoms with Crippen molar-refractivity contribution in [2.45, 2.75) is 58.8 Å². The summed E-state index contributed by atoms with van der Waals surface area (Å²) in [5, 5.41) is 10.2. The summed E-state index contributed by atoms with van der Waals surface area (Å²) in [7, 11) is 0. The summed E-state index contributed by atoms with van der Waals surface area (Å²) in [6.45, 7) is 11.0. The standard InChI is InChI=1S/C20H26O5/c1-6-12(3)19(22)24-16-9-11(2)7-8-15(21)13(4)10-17-18(16)14(5)20(23)25-17/h6-7,10,15-18,21H,5,8-9H2,1-4H3/b11-7-,12-6-,13-10+/t15-,16-,17+,18+/m1/s1. The zero-order chi connectivity index (χ0) is 18.7. The van der Waals surface area contributed by atoms with Crippen LogP contribution in [0.15, 0.2) is 47.1 Å². The van der Waals surface area contributed by atoms with Gasteiger partial charge in [-0.05, 0) is 45.8 Å². The molecular formula is C20H26O5. The number of carbonyl (C=O) groups excluding carboxylic acids is 2. The lowest BCUT2D eigenvalue weighted by atomic mass is 9.85. The van der Waals surface area contributed by atoms with Gasteiger partial charge in [-0.2, -0.15) is 0 Å². The molecule has 1 N–H and O–H groups in total. The van der Waals surface area contributed by atoms with Gasteiger partial charge in [0.2, 0.25) is 0 Å². The second-order valence-electron chi connectivity index (χ2n) is 6.75. The molecule has 4 atom stereocenters. The van der Waals surface area contributed by atoms with Gasteiger partial charge in [-0.25, -0.2) is 9.59 Å². The largest absolute Gasteiger partial charge is 0.458 e. The molecule has 1 fully saturated rings. The van der Waals surface area contributed by atoms with Crippen molar-refractivity contribution in [1.29, 1.82) is 0 Å². The fourth-order valence-electron chi connectivity index (χ4n) is 3.04. The van der Waals surface area contributed by atoms with E-state index in [9.17, 15) is 14.7 Å². The molecule has 0 aromatic rings. The number of ether oxygens (including phenoxy) is 2. The first kappa shape index (κ1) is 19.2. The van der Waals surface area contributed by atoms with E-state index < -0.39 is 36.2 Å².